The second kappa shape index (κ2) is 5.91. The van der Waals surface area contributed by atoms with Crippen LogP contribution in [0.1, 0.15) is 25.7 Å². The Labute approximate surface area is 119 Å². The zero-order valence-corrected chi connectivity index (χ0v) is 12.0. The highest BCUT2D eigenvalue weighted by molar-refractivity contribution is 7.80. The third-order valence-electron chi connectivity index (χ3n) is 4.13. The van der Waals surface area contributed by atoms with Gasteiger partial charge in [-0.05, 0) is 25.1 Å². The number of likely N-dealkylation sites (tertiary alicyclic amines) is 1. The molecule has 6 heteroatoms. The lowest BCUT2D eigenvalue weighted by molar-refractivity contribution is -0.180. The average molecular weight is 286 g/mol. The molecule has 0 aliphatic carbocycles. The molecule has 3 heterocycles. The Morgan fingerprint density at radius 2 is 1.95 bits per heavy atom. The van der Waals surface area contributed by atoms with Crippen LogP contribution in [0.3, 0.4) is 0 Å². The smallest absolute Gasteiger partial charge is 0.171 e. The van der Waals surface area contributed by atoms with Crippen molar-refractivity contribution in [1.82, 2.24) is 10.2 Å². The standard InChI is InChI=1S/C13H22N2O3S/c19-12(14-10-11-2-1-7-16-11)15-5-3-13(4-6-15)17-8-9-18-13/h11H,1-10H2,(H,14,19)/t11-/m0/s1. The third kappa shape index (κ3) is 3.18. The zero-order valence-electron chi connectivity index (χ0n) is 11.2. The Kier molecular flexibility index (Phi) is 4.21. The molecule has 3 aliphatic rings. The molecule has 0 aromatic rings. The molecule has 0 saturated carbocycles. The van der Waals surface area contributed by atoms with Crippen molar-refractivity contribution < 1.29 is 14.2 Å². The summed E-state index contributed by atoms with van der Waals surface area (Å²) in [5.41, 5.74) is 0. The number of hydrogen-bond acceptors (Lipinski definition) is 4. The van der Waals surface area contributed by atoms with Gasteiger partial charge >= 0.3 is 0 Å². The highest BCUT2D eigenvalue weighted by atomic mass is 32.1. The van der Waals surface area contributed by atoms with Crippen molar-refractivity contribution in [3.8, 4) is 0 Å². The first-order chi connectivity index (χ1) is 9.27. The number of ether oxygens (including phenoxy) is 3. The maximum absolute atomic E-state index is 5.72. The maximum atomic E-state index is 5.72. The van der Waals surface area contributed by atoms with E-state index in [0.717, 1.165) is 63.8 Å². The minimum absolute atomic E-state index is 0.319. The Hall–Kier alpha value is -0.430. The van der Waals surface area contributed by atoms with E-state index in [1.54, 1.807) is 0 Å². The predicted molar refractivity (Wildman–Crippen MR) is 75.0 cm³/mol. The lowest BCUT2D eigenvalue weighted by Crippen LogP contribution is -2.51. The van der Waals surface area contributed by atoms with Crippen molar-refractivity contribution >= 4 is 17.3 Å². The van der Waals surface area contributed by atoms with Gasteiger partial charge in [-0.3, -0.25) is 0 Å². The molecule has 5 nitrogen and oxygen atoms in total. The van der Waals surface area contributed by atoms with Crippen LogP contribution < -0.4 is 5.32 Å². The Bertz CT molecular complexity index is 318. The van der Waals surface area contributed by atoms with Crippen LogP contribution >= 0.6 is 12.2 Å². The summed E-state index contributed by atoms with van der Waals surface area (Å²) in [6.07, 6.45) is 4.43. The van der Waals surface area contributed by atoms with Gasteiger partial charge in [0, 0.05) is 39.1 Å². The minimum Gasteiger partial charge on any atom is -0.376 e. The molecule has 0 aromatic carbocycles. The topological polar surface area (TPSA) is 43.0 Å². The van der Waals surface area contributed by atoms with Crippen molar-refractivity contribution in [3.63, 3.8) is 0 Å². The molecule has 1 atom stereocenters. The van der Waals surface area contributed by atoms with E-state index in [1.807, 2.05) is 0 Å². The second-order valence-corrected chi connectivity index (χ2v) is 5.80. The summed E-state index contributed by atoms with van der Waals surface area (Å²) in [7, 11) is 0. The SMILES string of the molecule is S=C(NC[C@@H]1CCCO1)N1CCC2(CC1)OCCO2. The summed E-state index contributed by atoms with van der Waals surface area (Å²) >= 11 is 5.45. The molecule has 3 fully saturated rings. The van der Waals surface area contributed by atoms with E-state index in [4.69, 9.17) is 26.4 Å². The Morgan fingerprint density at radius 3 is 2.58 bits per heavy atom. The van der Waals surface area contributed by atoms with E-state index < -0.39 is 0 Å². The maximum Gasteiger partial charge on any atom is 0.171 e. The van der Waals surface area contributed by atoms with E-state index >= 15 is 0 Å². The third-order valence-corrected chi connectivity index (χ3v) is 4.53. The van der Waals surface area contributed by atoms with Gasteiger partial charge in [-0.25, -0.2) is 0 Å². The molecular formula is C13H22N2O3S. The van der Waals surface area contributed by atoms with Gasteiger partial charge < -0.3 is 24.4 Å². The summed E-state index contributed by atoms with van der Waals surface area (Å²) in [4.78, 5) is 2.21. The Balaban J connectivity index is 1.41. The fourth-order valence-corrected chi connectivity index (χ4v) is 3.22. The average Bonchev–Trinajstić information content (AvgIpc) is 3.09. The molecule has 108 valence electrons. The van der Waals surface area contributed by atoms with E-state index in [-0.39, 0.29) is 5.79 Å². The first-order valence-electron chi connectivity index (χ1n) is 7.20. The molecule has 0 aromatic heterocycles. The van der Waals surface area contributed by atoms with Crippen molar-refractivity contribution in [2.45, 2.75) is 37.6 Å². The monoisotopic (exact) mass is 286 g/mol. The fourth-order valence-electron chi connectivity index (χ4n) is 2.95. The number of thiocarbonyl (C=S) groups is 1. The van der Waals surface area contributed by atoms with Crippen LogP contribution in [0.25, 0.3) is 0 Å². The lowest BCUT2D eigenvalue weighted by Gasteiger charge is -2.38. The van der Waals surface area contributed by atoms with Crippen molar-refractivity contribution in [1.29, 1.82) is 0 Å². The molecule has 1 spiro atoms. The predicted octanol–water partition coefficient (Wildman–Crippen LogP) is 0.879. The van der Waals surface area contributed by atoms with Crippen molar-refractivity contribution in [2.24, 2.45) is 0 Å². The summed E-state index contributed by atoms with van der Waals surface area (Å²) < 4.78 is 17.0. The normalized spacial score (nSPS) is 29.9. The van der Waals surface area contributed by atoms with Crippen LogP contribution in [0, 0.1) is 0 Å². The van der Waals surface area contributed by atoms with Crippen LogP contribution in [0.2, 0.25) is 0 Å². The minimum atomic E-state index is -0.319. The van der Waals surface area contributed by atoms with Gasteiger partial charge in [-0.2, -0.15) is 0 Å². The van der Waals surface area contributed by atoms with E-state index in [2.05, 4.69) is 10.2 Å². The van der Waals surface area contributed by atoms with Gasteiger partial charge in [0.05, 0.1) is 19.3 Å². The van der Waals surface area contributed by atoms with Crippen molar-refractivity contribution in [3.05, 3.63) is 0 Å². The van der Waals surface area contributed by atoms with Crippen LogP contribution in [0.5, 0.6) is 0 Å². The largest absolute Gasteiger partial charge is 0.376 e. The number of hydrogen-bond donors (Lipinski definition) is 1. The van der Waals surface area contributed by atoms with E-state index in [0.29, 0.717) is 6.10 Å². The Morgan fingerprint density at radius 1 is 1.21 bits per heavy atom. The highest BCUT2D eigenvalue weighted by Gasteiger charge is 2.40. The molecule has 3 saturated heterocycles. The molecule has 0 bridgehead atoms. The summed E-state index contributed by atoms with van der Waals surface area (Å²) in [5.74, 6) is -0.319. The number of piperidine rings is 1. The van der Waals surface area contributed by atoms with Crippen LogP contribution in [-0.4, -0.2) is 61.4 Å². The van der Waals surface area contributed by atoms with E-state index in [9.17, 15) is 0 Å². The highest BCUT2D eigenvalue weighted by Crippen LogP contribution is 2.31. The molecule has 0 amide bonds. The quantitative estimate of drug-likeness (QED) is 0.760. The fraction of sp³-hybridized carbons (Fsp3) is 0.923. The molecule has 3 rings (SSSR count). The van der Waals surface area contributed by atoms with Crippen molar-refractivity contribution in [2.75, 3.05) is 39.5 Å². The van der Waals surface area contributed by atoms with Gasteiger partial charge in [-0.1, -0.05) is 0 Å². The summed E-state index contributed by atoms with van der Waals surface area (Å²) in [6.45, 7) is 4.96. The van der Waals surface area contributed by atoms with Gasteiger partial charge in [0.15, 0.2) is 10.9 Å². The zero-order chi connectivity index (χ0) is 13.1. The molecule has 0 radical (unpaired) electrons. The first-order valence-corrected chi connectivity index (χ1v) is 7.61. The van der Waals surface area contributed by atoms with Gasteiger partial charge in [0.2, 0.25) is 0 Å². The first kappa shape index (κ1) is 13.5. The van der Waals surface area contributed by atoms with Crippen LogP contribution in [0.4, 0.5) is 0 Å². The number of nitrogens with one attached hydrogen (secondary N) is 1. The number of nitrogens with zero attached hydrogens (tertiary/aromatic N) is 1. The lowest BCUT2D eigenvalue weighted by atomic mass is 10.0. The van der Waals surface area contributed by atoms with Gasteiger partial charge in [0.1, 0.15) is 0 Å². The number of rotatable bonds is 2. The summed E-state index contributed by atoms with van der Waals surface area (Å²) in [6, 6.07) is 0. The van der Waals surface area contributed by atoms with Gasteiger partial charge in [0.25, 0.3) is 0 Å². The van der Waals surface area contributed by atoms with E-state index in [1.165, 1.54) is 6.42 Å². The second-order valence-electron chi connectivity index (χ2n) is 5.42. The molecule has 19 heavy (non-hydrogen) atoms. The summed E-state index contributed by atoms with van der Waals surface area (Å²) in [5, 5.41) is 4.16. The van der Waals surface area contributed by atoms with Gasteiger partial charge in [-0.15, -0.1) is 0 Å². The molecule has 0 unspecified atom stereocenters. The molecule has 3 aliphatic heterocycles. The van der Waals surface area contributed by atoms with Crippen LogP contribution in [-0.2, 0) is 14.2 Å². The van der Waals surface area contributed by atoms with Crippen LogP contribution in [0.15, 0.2) is 0 Å². The molecular weight excluding hydrogens is 264 g/mol. The molecule has 1 N–H and O–H groups in total.